The second-order valence-electron chi connectivity index (χ2n) is 3.66. The fourth-order valence-electron chi connectivity index (χ4n) is 1.74. The quantitative estimate of drug-likeness (QED) is 0.771. The number of pyridine rings is 2. The van der Waals surface area contributed by atoms with Gasteiger partial charge in [-0.05, 0) is 37.6 Å². The van der Waals surface area contributed by atoms with Crippen LogP contribution in [0.4, 0.5) is 5.82 Å². The highest BCUT2D eigenvalue weighted by atomic mass is 35.5. The summed E-state index contributed by atoms with van der Waals surface area (Å²) in [6, 6.07) is 5.57. The second kappa shape index (κ2) is 4.10. The maximum atomic E-state index is 6.09. The first-order valence-electron chi connectivity index (χ1n) is 4.94. The molecule has 0 fully saturated rings. The molecule has 2 aromatic heterocycles. The van der Waals surface area contributed by atoms with Crippen molar-refractivity contribution in [2.24, 2.45) is 0 Å². The van der Waals surface area contributed by atoms with Gasteiger partial charge in [-0.15, -0.1) is 0 Å². The molecule has 82 valence electrons. The van der Waals surface area contributed by atoms with Gasteiger partial charge in [-0.25, -0.2) is 4.98 Å². The van der Waals surface area contributed by atoms with Crippen molar-refractivity contribution in [3.05, 3.63) is 40.8 Å². The molecule has 2 aromatic rings. The first-order valence-corrected chi connectivity index (χ1v) is 5.32. The van der Waals surface area contributed by atoms with E-state index >= 15 is 0 Å². The Kier molecular flexibility index (Phi) is 2.79. The molecule has 0 saturated carbocycles. The Morgan fingerprint density at radius 1 is 1.19 bits per heavy atom. The molecule has 0 radical (unpaired) electrons. The minimum Gasteiger partial charge on any atom is -0.384 e. The van der Waals surface area contributed by atoms with Crippen LogP contribution in [0.25, 0.3) is 11.1 Å². The average molecular weight is 234 g/mol. The molecule has 3 nitrogen and oxygen atoms in total. The molecule has 0 aromatic carbocycles. The van der Waals surface area contributed by atoms with E-state index < -0.39 is 0 Å². The van der Waals surface area contributed by atoms with Crippen LogP contribution in [0.3, 0.4) is 0 Å². The lowest BCUT2D eigenvalue weighted by atomic mass is 10.0. The molecule has 0 aliphatic carbocycles. The van der Waals surface area contributed by atoms with E-state index in [1.54, 1.807) is 12.3 Å². The standard InChI is InChI=1S/C12H12ClN3/c1-7-5-6-15-8(2)11(7)9-3-4-10(14)16-12(9)13/h3-6H,1-2H3,(H2,14,16). The van der Waals surface area contributed by atoms with E-state index in [4.69, 9.17) is 17.3 Å². The van der Waals surface area contributed by atoms with Crippen LogP contribution in [-0.4, -0.2) is 9.97 Å². The molecular weight excluding hydrogens is 222 g/mol. The zero-order chi connectivity index (χ0) is 11.7. The van der Waals surface area contributed by atoms with E-state index in [-0.39, 0.29) is 0 Å². The van der Waals surface area contributed by atoms with Gasteiger partial charge in [0, 0.05) is 23.0 Å². The lowest BCUT2D eigenvalue weighted by molar-refractivity contribution is 1.17. The number of aromatic nitrogens is 2. The van der Waals surface area contributed by atoms with Crippen molar-refractivity contribution >= 4 is 17.4 Å². The van der Waals surface area contributed by atoms with Crippen molar-refractivity contribution in [3.63, 3.8) is 0 Å². The SMILES string of the molecule is Cc1ccnc(C)c1-c1ccc(N)nc1Cl. The molecule has 2 rings (SSSR count). The van der Waals surface area contributed by atoms with Crippen molar-refractivity contribution in [2.45, 2.75) is 13.8 Å². The van der Waals surface area contributed by atoms with E-state index in [0.29, 0.717) is 11.0 Å². The van der Waals surface area contributed by atoms with Crippen LogP contribution in [0, 0.1) is 13.8 Å². The molecule has 16 heavy (non-hydrogen) atoms. The monoisotopic (exact) mass is 233 g/mol. The summed E-state index contributed by atoms with van der Waals surface area (Å²) in [6.45, 7) is 3.98. The fraction of sp³-hybridized carbons (Fsp3) is 0.167. The summed E-state index contributed by atoms with van der Waals surface area (Å²) < 4.78 is 0. The number of nitrogens with two attached hydrogens (primary N) is 1. The number of rotatable bonds is 1. The summed E-state index contributed by atoms with van der Waals surface area (Å²) >= 11 is 6.09. The van der Waals surface area contributed by atoms with Crippen LogP contribution in [0.2, 0.25) is 5.15 Å². The van der Waals surface area contributed by atoms with Gasteiger partial charge >= 0.3 is 0 Å². The summed E-state index contributed by atoms with van der Waals surface area (Å²) in [5.41, 5.74) is 9.54. The van der Waals surface area contributed by atoms with E-state index in [0.717, 1.165) is 22.4 Å². The van der Waals surface area contributed by atoms with Crippen LogP contribution in [0.1, 0.15) is 11.3 Å². The van der Waals surface area contributed by atoms with Crippen molar-refractivity contribution in [3.8, 4) is 11.1 Å². The van der Waals surface area contributed by atoms with Gasteiger partial charge < -0.3 is 5.73 Å². The summed E-state index contributed by atoms with van der Waals surface area (Å²) in [6.07, 6.45) is 1.78. The minimum absolute atomic E-state index is 0.416. The Morgan fingerprint density at radius 2 is 1.94 bits per heavy atom. The number of anilines is 1. The van der Waals surface area contributed by atoms with Crippen molar-refractivity contribution in [1.82, 2.24) is 9.97 Å². The number of hydrogen-bond acceptors (Lipinski definition) is 3. The molecule has 0 spiro atoms. The van der Waals surface area contributed by atoms with Gasteiger partial charge in [-0.2, -0.15) is 0 Å². The lowest BCUT2D eigenvalue weighted by Crippen LogP contribution is -1.95. The molecular formula is C12H12ClN3. The number of hydrogen-bond donors (Lipinski definition) is 1. The summed E-state index contributed by atoms with van der Waals surface area (Å²) in [4.78, 5) is 8.31. The van der Waals surface area contributed by atoms with E-state index in [1.165, 1.54) is 0 Å². The van der Waals surface area contributed by atoms with Gasteiger partial charge in [0.25, 0.3) is 0 Å². The average Bonchev–Trinajstić information content (AvgIpc) is 2.20. The molecule has 4 heteroatoms. The third-order valence-electron chi connectivity index (χ3n) is 2.49. The highest BCUT2D eigenvalue weighted by molar-refractivity contribution is 6.32. The molecule has 0 atom stereocenters. The molecule has 2 heterocycles. The molecule has 0 unspecified atom stereocenters. The maximum Gasteiger partial charge on any atom is 0.139 e. The van der Waals surface area contributed by atoms with Gasteiger partial charge in [-0.1, -0.05) is 11.6 Å². The van der Waals surface area contributed by atoms with Gasteiger partial charge in [0.2, 0.25) is 0 Å². The van der Waals surface area contributed by atoms with Crippen LogP contribution in [-0.2, 0) is 0 Å². The topological polar surface area (TPSA) is 51.8 Å². The van der Waals surface area contributed by atoms with Crippen LogP contribution >= 0.6 is 11.6 Å². The Labute approximate surface area is 99.3 Å². The summed E-state index contributed by atoms with van der Waals surface area (Å²) in [5.74, 6) is 0.424. The van der Waals surface area contributed by atoms with E-state index in [9.17, 15) is 0 Å². The Hall–Kier alpha value is -1.61. The zero-order valence-corrected chi connectivity index (χ0v) is 9.92. The first-order chi connectivity index (χ1) is 7.59. The normalized spacial score (nSPS) is 10.4. The number of nitrogen functional groups attached to an aromatic ring is 1. The Morgan fingerprint density at radius 3 is 2.56 bits per heavy atom. The molecule has 0 bridgehead atoms. The van der Waals surface area contributed by atoms with Crippen LogP contribution in [0.15, 0.2) is 24.4 Å². The minimum atomic E-state index is 0.416. The third kappa shape index (κ3) is 1.86. The maximum absolute atomic E-state index is 6.09. The predicted octanol–water partition coefficient (Wildman–Crippen LogP) is 3.00. The van der Waals surface area contributed by atoms with E-state index in [2.05, 4.69) is 9.97 Å². The number of aryl methyl sites for hydroxylation is 2. The lowest BCUT2D eigenvalue weighted by Gasteiger charge is -2.10. The van der Waals surface area contributed by atoms with Crippen molar-refractivity contribution < 1.29 is 0 Å². The van der Waals surface area contributed by atoms with Crippen molar-refractivity contribution in [1.29, 1.82) is 0 Å². The molecule has 0 aliphatic rings. The van der Waals surface area contributed by atoms with Gasteiger partial charge in [0.15, 0.2) is 0 Å². The number of halogens is 1. The van der Waals surface area contributed by atoms with Crippen molar-refractivity contribution in [2.75, 3.05) is 5.73 Å². The molecule has 0 aliphatic heterocycles. The summed E-state index contributed by atoms with van der Waals surface area (Å²) in [5, 5.41) is 0.416. The highest BCUT2D eigenvalue weighted by Gasteiger charge is 2.10. The number of nitrogens with zero attached hydrogens (tertiary/aromatic N) is 2. The van der Waals surface area contributed by atoms with Gasteiger partial charge in [-0.3, -0.25) is 4.98 Å². The molecule has 0 saturated heterocycles. The molecule has 2 N–H and O–H groups in total. The Bertz CT molecular complexity index is 518. The summed E-state index contributed by atoms with van der Waals surface area (Å²) in [7, 11) is 0. The van der Waals surface area contributed by atoms with E-state index in [1.807, 2.05) is 26.0 Å². The largest absolute Gasteiger partial charge is 0.384 e. The zero-order valence-electron chi connectivity index (χ0n) is 9.16. The second-order valence-corrected chi connectivity index (χ2v) is 4.02. The molecule has 0 amide bonds. The van der Waals surface area contributed by atoms with Gasteiger partial charge in [0.05, 0.1) is 0 Å². The predicted molar refractivity (Wildman–Crippen MR) is 66.4 cm³/mol. The third-order valence-corrected chi connectivity index (χ3v) is 2.78. The Balaban J connectivity index is 2.68. The van der Waals surface area contributed by atoms with Crippen LogP contribution in [0.5, 0.6) is 0 Å². The first kappa shape index (κ1) is 10.9. The van der Waals surface area contributed by atoms with Gasteiger partial charge in [0.1, 0.15) is 11.0 Å². The van der Waals surface area contributed by atoms with Crippen LogP contribution < -0.4 is 5.73 Å². The smallest absolute Gasteiger partial charge is 0.139 e. The fourth-order valence-corrected chi connectivity index (χ4v) is 1.99. The highest BCUT2D eigenvalue weighted by Crippen LogP contribution is 2.31.